The van der Waals surface area contributed by atoms with E-state index in [4.69, 9.17) is 16.3 Å². The lowest BCUT2D eigenvalue weighted by molar-refractivity contribution is -0.121. The van der Waals surface area contributed by atoms with Crippen LogP contribution in [0, 0.1) is 11.6 Å². The van der Waals surface area contributed by atoms with E-state index in [0.29, 0.717) is 39.7 Å². The Morgan fingerprint density at radius 2 is 1.85 bits per heavy atom. The number of halogens is 3. The van der Waals surface area contributed by atoms with Gasteiger partial charge >= 0.3 is 0 Å². The fourth-order valence-electron chi connectivity index (χ4n) is 3.53. The number of aryl methyl sites for hydroxylation is 1. The van der Waals surface area contributed by atoms with Gasteiger partial charge in [0.2, 0.25) is 5.91 Å². The maximum absolute atomic E-state index is 13.9. The second-order valence-electron chi connectivity index (χ2n) is 7.65. The highest BCUT2D eigenvalue weighted by Crippen LogP contribution is 2.26. The lowest BCUT2D eigenvalue weighted by Gasteiger charge is -2.08. The molecule has 174 valence electrons. The third kappa shape index (κ3) is 5.61. The third-order valence-electron chi connectivity index (χ3n) is 5.29. The van der Waals surface area contributed by atoms with E-state index >= 15 is 0 Å². The molecule has 0 aliphatic rings. The molecule has 4 rings (SSSR count). The predicted octanol–water partition coefficient (Wildman–Crippen LogP) is 5.73. The number of nitrogens with one attached hydrogen (secondary N) is 1. The van der Waals surface area contributed by atoms with Crippen molar-refractivity contribution in [3.63, 3.8) is 0 Å². The van der Waals surface area contributed by atoms with Gasteiger partial charge in [-0.25, -0.2) is 13.5 Å². The fourth-order valence-corrected chi connectivity index (χ4v) is 3.72. The summed E-state index contributed by atoms with van der Waals surface area (Å²) in [6.45, 7) is 0.0417. The van der Waals surface area contributed by atoms with Crippen LogP contribution in [0.5, 0.6) is 5.75 Å². The van der Waals surface area contributed by atoms with Gasteiger partial charge in [0.05, 0.1) is 24.2 Å². The molecular formula is C26H22ClF2N3O2. The van der Waals surface area contributed by atoms with Gasteiger partial charge in [0.15, 0.2) is 0 Å². The average molecular weight is 482 g/mol. The summed E-state index contributed by atoms with van der Waals surface area (Å²) in [5, 5.41) is 7.76. The van der Waals surface area contributed by atoms with Crippen LogP contribution in [-0.2, 0) is 17.8 Å². The Kier molecular flexibility index (Phi) is 7.23. The maximum Gasteiger partial charge on any atom is 0.220 e. The number of nitrogens with zero attached hydrogens (tertiary/aromatic N) is 2. The molecular weight excluding hydrogens is 460 g/mol. The van der Waals surface area contributed by atoms with Crippen molar-refractivity contribution < 1.29 is 18.3 Å². The van der Waals surface area contributed by atoms with Crippen LogP contribution in [0.2, 0.25) is 5.02 Å². The summed E-state index contributed by atoms with van der Waals surface area (Å²) < 4.78 is 34.7. The summed E-state index contributed by atoms with van der Waals surface area (Å²) in [6.07, 6.45) is 0.514. The summed E-state index contributed by atoms with van der Waals surface area (Å²) in [5.74, 6) is -0.321. The fraction of sp³-hybridized carbons (Fsp3) is 0.154. The summed E-state index contributed by atoms with van der Waals surface area (Å²) >= 11 is 5.90. The van der Waals surface area contributed by atoms with E-state index in [2.05, 4.69) is 10.4 Å². The van der Waals surface area contributed by atoms with Gasteiger partial charge in [-0.15, -0.1) is 0 Å². The van der Waals surface area contributed by atoms with Crippen molar-refractivity contribution >= 4 is 17.5 Å². The Labute approximate surface area is 200 Å². The molecule has 0 bridgehead atoms. The van der Waals surface area contributed by atoms with Crippen LogP contribution in [0.25, 0.3) is 16.9 Å². The first-order valence-electron chi connectivity index (χ1n) is 10.6. The molecule has 1 heterocycles. The molecule has 4 aromatic rings. The van der Waals surface area contributed by atoms with E-state index in [9.17, 15) is 13.6 Å². The summed E-state index contributed by atoms with van der Waals surface area (Å²) in [6, 6.07) is 19.6. The molecule has 0 saturated heterocycles. The van der Waals surface area contributed by atoms with Gasteiger partial charge in [-0.1, -0.05) is 23.7 Å². The van der Waals surface area contributed by atoms with Crippen molar-refractivity contribution in [1.29, 1.82) is 0 Å². The van der Waals surface area contributed by atoms with Crippen LogP contribution in [0.1, 0.15) is 17.7 Å². The van der Waals surface area contributed by atoms with Crippen LogP contribution in [-0.4, -0.2) is 22.8 Å². The highest BCUT2D eigenvalue weighted by molar-refractivity contribution is 6.30. The molecule has 0 aliphatic carbocycles. The monoisotopic (exact) mass is 481 g/mol. The average Bonchev–Trinajstić information content (AvgIpc) is 3.28. The normalized spacial score (nSPS) is 10.8. The van der Waals surface area contributed by atoms with Crippen molar-refractivity contribution in [3.8, 4) is 22.7 Å². The minimum Gasteiger partial charge on any atom is -0.497 e. The van der Waals surface area contributed by atoms with Crippen LogP contribution < -0.4 is 10.1 Å². The molecule has 1 amide bonds. The number of benzene rings is 3. The minimum atomic E-state index is -0.428. The number of hydrogen-bond donors (Lipinski definition) is 1. The number of ether oxygens (including phenoxy) is 1. The molecule has 1 aromatic heterocycles. The number of methoxy groups -OCH3 is 1. The van der Waals surface area contributed by atoms with Crippen molar-refractivity contribution in [2.75, 3.05) is 7.11 Å². The van der Waals surface area contributed by atoms with Gasteiger partial charge in [0.25, 0.3) is 0 Å². The van der Waals surface area contributed by atoms with Crippen molar-refractivity contribution in [1.82, 2.24) is 15.1 Å². The first-order chi connectivity index (χ1) is 16.4. The smallest absolute Gasteiger partial charge is 0.220 e. The number of carbonyl (C=O) groups is 1. The van der Waals surface area contributed by atoms with E-state index in [1.807, 2.05) is 30.3 Å². The predicted molar refractivity (Wildman–Crippen MR) is 127 cm³/mol. The van der Waals surface area contributed by atoms with Gasteiger partial charge in [-0.05, 0) is 60.7 Å². The quantitative estimate of drug-likeness (QED) is 0.350. The Bertz CT molecular complexity index is 1310. The highest BCUT2D eigenvalue weighted by Gasteiger charge is 2.14. The zero-order valence-electron chi connectivity index (χ0n) is 18.4. The van der Waals surface area contributed by atoms with Gasteiger partial charge in [0, 0.05) is 35.5 Å². The molecule has 0 aliphatic heterocycles. The van der Waals surface area contributed by atoms with Gasteiger partial charge < -0.3 is 10.1 Å². The summed E-state index contributed by atoms with van der Waals surface area (Å²) in [4.78, 5) is 12.4. The summed E-state index contributed by atoms with van der Waals surface area (Å²) in [7, 11) is 1.59. The van der Waals surface area contributed by atoms with Crippen molar-refractivity contribution in [2.45, 2.75) is 19.4 Å². The molecule has 34 heavy (non-hydrogen) atoms. The summed E-state index contributed by atoms with van der Waals surface area (Å²) in [5.41, 5.74) is 3.11. The molecule has 0 saturated carbocycles. The molecule has 5 nitrogen and oxygen atoms in total. The molecule has 0 radical (unpaired) electrons. The van der Waals surface area contributed by atoms with E-state index in [1.165, 1.54) is 30.3 Å². The van der Waals surface area contributed by atoms with Gasteiger partial charge in [-0.3, -0.25) is 4.79 Å². The SMILES string of the molecule is COc1ccc(-n2nc(CCC(=O)NCc3cc(Cl)ccc3F)cc2-c2cccc(F)c2)cc1. The Balaban J connectivity index is 1.51. The topological polar surface area (TPSA) is 56.2 Å². The van der Waals surface area contributed by atoms with E-state index in [0.717, 1.165) is 5.69 Å². The Morgan fingerprint density at radius 3 is 2.59 bits per heavy atom. The molecule has 8 heteroatoms. The minimum absolute atomic E-state index is 0.0417. The largest absolute Gasteiger partial charge is 0.497 e. The second kappa shape index (κ2) is 10.5. The zero-order valence-corrected chi connectivity index (χ0v) is 19.2. The van der Waals surface area contributed by atoms with Crippen LogP contribution in [0.3, 0.4) is 0 Å². The Hall–Kier alpha value is -3.71. The van der Waals surface area contributed by atoms with E-state index in [-0.39, 0.29) is 24.7 Å². The number of amides is 1. The number of hydrogen-bond acceptors (Lipinski definition) is 3. The molecule has 3 aromatic carbocycles. The standard InChI is InChI=1S/C26H22ClF2N3O2/c1-34-23-9-7-22(8-10-23)32-25(17-3-2-4-20(28)14-17)15-21(31-32)6-12-26(33)30-16-18-13-19(27)5-11-24(18)29/h2-5,7-11,13-15H,6,12,16H2,1H3,(H,30,33). The van der Waals surface area contributed by atoms with Gasteiger partial charge in [0.1, 0.15) is 17.4 Å². The van der Waals surface area contributed by atoms with Crippen molar-refractivity contribution in [3.05, 3.63) is 101 Å². The molecule has 0 unspecified atom stereocenters. The van der Waals surface area contributed by atoms with Gasteiger partial charge in [-0.2, -0.15) is 5.10 Å². The van der Waals surface area contributed by atoms with Crippen LogP contribution >= 0.6 is 11.6 Å². The van der Waals surface area contributed by atoms with E-state index in [1.54, 1.807) is 23.9 Å². The maximum atomic E-state index is 13.9. The first-order valence-corrected chi connectivity index (χ1v) is 11.0. The second-order valence-corrected chi connectivity index (χ2v) is 8.09. The highest BCUT2D eigenvalue weighted by atomic mass is 35.5. The number of aromatic nitrogens is 2. The Morgan fingerprint density at radius 1 is 1.06 bits per heavy atom. The third-order valence-corrected chi connectivity index (χ3v) is 5.52. The number of carbonyl (C=O) groups excluding carboxylic acids is 1. The van der Waals surface area contributed by atoms with Crippen LogP contribution in [0.15, 0.2) is 72.8 Å². The zero-order chi connectivity index (χ0) is 24.1. The van der Waals surface area contributed by atoms with E-state index < -0.39 is 5.82 Å². The number of rotatable bonds is 8. The molecule has 1 N–H and O–H groups in total. The molecule has 0 spiro atoms. The lowest BCUT2D eigenvalue weighted by Crippen LogP contribution is -2.23. The first kappa shape index (κ1) is 23.4. The molecule has 0 fully saturated rings. The lowest BCUT2D eigenvalue weighted by atomic mass is 10.1. The molecule has 0 atom stereocenters. The van der Waals surface area contributed by atoms with Crippen molar-refractivity contribution in [2.24, 2.45) is 0 Å². The van der Waals surface area contributed by atoms with Crippen LogP contribution in [0.4, 0.5) is 8.78 Å².